The van der Waals surface area contributed by atoms with Crippen molar-refractivity contribution in [1.29, 1.82) is 0 Å². The molecule has 1 aliphatic carbocycles. The van der Waals surface area contributed by atoms with Gasteiger partial charge in [-0.25, -0.2) is 8.78 Å². The SMILES string of the molecule is Cc1cc(-c2c(C)cc(F)cc2C2CC2)cc([C@H](CC(=O)O)NCC(C=O)(CC(C)C)n2cc(CCN3CCC3)c(C(F)(F)F)cc2=O)c1F. The van der Waals surface area contributed by atoms with Crippen LogP contribution in [-0.2, 0) is 27.7 Å². The number of nitrogens with zero attached hydrogens (tertiary/aromatic N) is 2. The van der Waals surface area contributed by atoms with Crippen LogP contribution in [-0.4, -0.2) is 53.0 Å². The van der Waals surface area contributed by atoms with Gasteiger partial charge < -0.3 is 24.7 Å². The molecule has 0 radical (unpaired) electrons. The second-order valence-corrected chi connectivity index (χ2v) is 14.4. The molecule has 2 heterocycles. The highest BCUT2D eigenvalue weighted by atomic mass is 19.4. The number of aliphatic carboxylic acids is 1. The molecule has 0 bridgehead atoms. The van der Waals surface area contributed by atoms with Crippen molar-refractivity contribution in [2.75, 3.05) is 26.2 Å². The zero-order valence-corrected chi connectivity index (χ0v) is 28.8. The number of carboxylic acid groups (broad SMARTS) is 1. The molecule has 1 saturated heterocycles. The summed E-state index contributed by atoms with van der Waals surface area (Å²) in [7, 11) is 0. The van der Waals surface area contributed by atoms with Crippen LogP contribution in [0.1, 0.15) is 91.3 Å². The molecule has 0 amide bonds. The standard InChI is InChI=1S/C38H44F5N3O4/c1-22(2)18-37(21-47,46-19-26(8-11-45-9-5-10-45)31(16-33(46)48)38(41,42)43)20-44-32(17-34(49)50)30-14-27(12-24(4)36(30)40)35-23(3)13-28(39)15-29(35)25-6-7-25/h12-16,19,21-22,25,32,44H,5-11,17-18,20H2,1-4H3,(H,49,50)/t32-,37?/m0/s1. The Morgan fingerprint density at radius 1 is 1.06 bits per heavy atom. The maximum Gasteiger partial charge on any atom is 0.416 e. The van der Waals surface area contributed by atoms with E-state index in [0.717, 1.165) is 54.2 Å². The smallest absolute Gasteiger partial charge is 0.416 e. The Balaban J connectivity index is 1.57. The fraction of sp³-hybridized carbons (Fsp3) is 0.500. The van der Waals surface area contributed by atoms with Crippen molar-refractivity contribution in [3.05, 3.63) is 91.9 Å². The Hall–Kier alpha value is -3.90. The number of rotatable bonds is 15. The first-order valence-corrected chi connectivity index (χ1v) is 17.1. The summed E-state index contributed by atoms with van der Waals surface area (Å²) >= 11 is 0. The number of aromatic nitrogens is 1. The first kappa shape index (κ1) is 37.4. The number of aldehydes is 1. The molecule has 1 saturated carbocycles. The zero-order chi connectivity index (χ0) is 36.5. The topological polar surface area (TPSA) is 91.6 Å². The number of carbonyl (C=O) groups is 2. The fourth-order valence-electron chi connectivity index (χ4n) is 7.22. The van der Waals surface area contributed by atoms with Crippen LogP contribution < -0.4 is 10.9 Å². The first-order valence-electron chi connectivity index (χ1n) is 17.1. The summed E-state index contributed by atoms with van der Waals surface area (Å²) in [6.45, 7) is 8.42. The maximum absolute atomic E-state index is 16.0. The van der Waals surface area contributed by atoms with Crippen LogP contribution in [0.4, 0.5) is 22.0 Å². The van der Waals surface area contributed by atoms with E-state index in [0.29, 0.717) is 30.0 Å². The van der Waals surface area contributed by atoms with Gasteiger partial charge in [-0.3, -0.25) is 9.59 Å². The molecule has 2 fully saturated rings. The minimum absolute atomic E-state index is 0.00371. The summed E-state index contributed by atoms with van der Waals surface area (Å²) in [5.74, 6) is -2.37. The van der Waals surface area contributed by atoms with Crippen molar-refractivity contribution >= 4 is 12.3 Å². The van der Waals surface area contributed by atoms with E-state index < -0.39 is 47.1 Å². The van der Waals surface area contributed by atoms with E-state index in [1.165, 1.54) is 18.2 Å². The van der Waals surface area contributed by atoms with Gasteiger partial charge in [0.25, 0.3) is 5.56 Å². The predicted molar refractivity (Wildman–Crippen MR) is 180 cm³/mol. The van der Waals surface area contributed by atoms with Gasteiger partial charge in [-0.05, 0) is 129 Å². The van der Waals surface area contributed by atoms with Crippen molar-refractivity contribution in [1.82, 2.24) is 14.8 Å². The van der Waals surface area contributed by atoms with E-state index in [9.17, 15) is 37.1 Å². The lowest BCUT2D eigenvalue weighted by molar-refractivity contribution is -0.139. The number of likely N-dealkylation sites (tertiary alicyclic amines) is 1. The molecule has 2 aliphatic rings. The van der Waals surface area contributed by atoms with Crippen molar-refractivity contribution < 1.29 is 36.6 Å². The molecule has 1 aromatic heterocycles. The van der Waals surface area contributed by atoms with Gasteiger partial charge in [0.1, 0.15) is 23.5 Å². The molecule has 1 unspecified atom stereocenters. The second kappa shape index (κ2) is 14.8. The summed E-state index contributed by atoms with van der Waals surface area (Å²) < 4.78 is 73.9. The number of nitrogens with one attached hydrogen (secondary N) is 1. The Labute approximate surface area is 288 Å². The highest BCUT2D eigenvalue weighted by Gasteiger charge is 2.39. The minimum Gasteiger partial charge on any atom is -0.481 e. The normalized spacial score (nSPS) is 17.0. The van der Waals surface area contributed by atoms with Gasteiger partial charge in [-0.1, -0.05) is 13.8 Å². The number of pyridine rings is 1. The molecule has 5 rings (SSSR count). The van der Waals surface area contributed by atoms with Gasteiger partial charge in [0.05, 0.1) is 12.0 Å². The van der Waals surface area contributed by atoms with E-state index in [2.05, 4.69) is 5.32 Å². The molecular formula is C38H44F5N3O4. The summed E-state index contributed by atoms with van der Waals surface area (Å²) in [6.07, 6.45) is -1.02. The molecule has 0 spiro atoms. The molecule has 270 valence electrons. The lowest BCUT2D eigenvalue weighted by Crippen LogP contribution is -2.51. The Bertz CT molecular complexity index is 1810. The molecule has 50 heavy (non-hydrogen) atoms. The Morgan fingerprint density at radius 2 is 1.76 bits per heavy atom. The van der Waals surface area contributed by atoms with Crippen LogP contribution in [0, 0.1) is 31.4 Å². The number of carbonyl (C=O) groups excluding carboxylic acids is 1. The van der Waals surface area contributed by atoms with Crippen LogP contribution in [0.15, 0.2) is 41.3 Å². The maximum atomic E-state index is 16.0. The summed E-state index contributed by atoms with van der Waals surface area (Å²) in [5.41, 5.74) is -0.928. The molecule has 3 aromatic rings. The lowest BCUT2D eigenvalue weighted by Gasteiger charge is -2.35. The summed E-state index contributed by atoms with van der Waals surface area (Å²) in [4.78, 5) is 40.7. The highest BCUT2D eigenvalue weighted by Crippen LogP contribution is 2.46. The van der Waals surface area contributed by atoms with Crippen LogP contribution in [0.25, 0.3) is 11.1 Å². The third kappa shape index (κ3) is 8.18. The summed E-state index contributed by atoms with van der Waals surface area (Å²) in [5, 5.41) is 13.0. The van der Waals surface area contributed by atoms with Gasteiger partial charge in [-0.2, -0.15) is 13.2 Å². The van der Waals surface area contributed by atoms with E-state index in [4.69, 9.17) is 0 Å². The number of benzene rings is 2. The van der Waals surface area contributed by atoms with Crippen LogP contribution in [0.2, 0.25) is 0 Å². The second-order valence-electron chi connectivity index (χ2n) is 14.4. The largest absolute Gasteiger partial charge is 0.481 e. The zero-order valence-electron chi connectivity index (χ0n) is 28.8. The average molecular weight is 702 g/mol. The summed E-state index contributed by atoms with van der Waals surface area (Å²) in [6, 6.07) is 5.39. The molecular weight excluding hydrogens is 657 g/mol. The molecule has 12 heteroatoms. The van der Waals surface area contributed by atoms with E-state index in [1.54, 1.807) is 33.8 Å². The Morgan fingerprint density at radius 3 is 2.32 bits per heavy atom. The molecule has 1 aliphatic heterocycles. The Kier molecular flexibility index (Phi) is 11.0. The number of aryl methyl sites for hydroxylation is 2. The van der Waals surface area contributed by atoms with Crippen molar-refractivity contribution in [3.63, 3.8) is 0 Å². The van der Waals surface area contributed by atoms with Crippen molar-refractivity contribution in [3.8, 4) is 11.1 Å². The van der Waals surface area contributed by atoms with Gasteiger partial charge in [0.2, 0.25) is 0 Å². The number of carboxylic acids is 1. The van der Waals surface area contributed by atoms with Gasteiger partial charge >= 0.3 is 12.1 Å². The predicted octanol–water partition coefficient (Wildman–Crippen LogP) is 7.30. The third-order valence-electron chi connectivity index (χ3n) is 9.88. The molecule has 2 atom stereocenters. The monoisotopic (exact) mass is 701 g/mol. The van der Waals surface area contributed by atoms with Crippen molar-refractivity contribution in [2.45, 2.75) is 89.9 Å². The number of hydrogen-bond acceptors (Lipinski definition) is 5. The van der Waals surface area contributed by atoms with Crippen LogP contribution in [0.3, 0.4) is 0 Å². The van der Waals surface area contributed by atoms with Gasteiger partial charge in [0, 0.05) is 37.0 Å². The van der Waals surface area contributed by atoms with Gasteiger partial charge in [0.15, 0.2) is 0 Å². The van der Waals surface area contributed by atoms with Crippen molar-refractivity contribution in [2.24, 2.45) is 5.92 Å². The van der Waals surface area contributed by atoms with E-state index in [1.807, 2.05) is 4.90 Å². The lowest BCUT2D eigenvalue weighted by atomic mass is 9.87. The first-order chi connectivity index (χ1) is 23.5. The number of halogens is 5. The number of hydrogen-bond donors (Lipinski definition) is 2. The van der Waals surface area contributed by atoms with Gasteiger partial charge in [-0.15, -0.1) is 0 Å². The van der Waals surface area contributed by atoms with E-state index >= 15 is 4.39 Å². The molecule has 2 aromatic carbocycles. The highest BCUT2D eigenvalue weighted by molar-refractivity contribution is 5.74. The number of alkyl halides is 3. The van der Waals surface area contributed by atoms with Crippen LogP contribution in [0.5, 0.6) is 0 Å². The molecule has 2 N–H and O–H groups in total. The average Bonchev–Trinajstić information content (AvgIpc) is 3.84. The third-order valence-corrected chi connectivity index (χ3v) is 9.88. The quantitative estimate of drug-likeness (QED) is 0.128. The fourth-order valence-corrected chi connectivity index (χ4v) is 7.22. The van der Waals surface area contributed by atoms with E-state index in [-0.39, 0.29) is 53.7 Å². The van der Waals surface area contributed by atoms with Crippen LogP contribution >= 0.6 is 0 Å². The minimum atomic E-state index is -4.79. The molecule has 7 nitrogen and oxygen atoms in total.